The van der Waals surface area contributed by atoms with Gasteiger partial charge < -0.3 is 9.57 Å². The molecule has 0 aromatic heterocycles. The number of hydrogen-bond acceptors (Lipinski definition) is 5. The van der Waals surface area contributed by atoms with Gasteiger partial charge in [0, 0.05) is 25.7 Å². The number of carbonyl (C=O) groups is 3. The third-order valence-electron chi connectivity index (χ3n) is 4.40. The lowest BCUT2D eigenvalue weighted by molar-refractivity contribution is -0.172. The van der Waals surface area contributed by atoms with Crippen LogP contribution in [0.5, 0.6) is 0 Å². The molecule has 1 atom stereocenters. The molecule has 2 aliphatic rings. The van der Waals surface area contributed by atoms with Gasteiger partial charge in [0.15, 0.2) is 0 Å². The molecular weight excluding hydrogens is 334 g/mol. The lowest BCUT2D eigenvalue weighted by Crippen LogP contribution is -2.32. The molecule has 1 aromatic rings. The summed E-state index contributed by atoms with van der Waals surface area (Å²) in [5, 5.41) is 0.552. The second kappa shape index (κ2) is 8.63. The predicted molar refractivity (Wildman–Crippen MR) is 92.4 cm³/mol. The van der Waals surface area contributed by atoms with Gasteiger partial charge in [0.1, 0.15) is 0 Å². The smallest absolute Gasteiger partial charge is 0.363 e. The van der Waals surface area contributed by atoms with E-state index in [1.54, 1.807) is 24.3 Å². The van der Waals surface area contributed by atoms with E-state index in [0.717, 1.165) is 37.7 Å². The minimum Gasteiger partial charge on any atom is -0.374 e. The van der Waals surface area contributed by atoms with Crippen LogP contribution in [0.25, 0.3) is 0 Å². The predicted octanol–water partition coefficient (Wildman–Crippen LogP) is 2.76. The number of amides is 2. The average Bonchev–Trinajstić information content (AvgIpc) is 2.93. The highest BCUT2D eigenvalue weighted by Gasteiger charge is 2.33. The minimum absolute atomic E-state index is 0.0785. The molecule has 0 spiro atoms. The van der Waals surface area contributed by atoms with Crippen molar-refractivity contribution in [2.75, 3.05) is 0 Å². The molecule has 0 N–H and O–H groups in total. The molecule has 1 unspecified atom stereocenters. The van der Waals surface area contributed by atoms with Gasteiger partial charge in [0.25, 0.3) is 11.8 Å². The van der Waals surface area contributed by atoms with E-state index in [-0.39, 0.29) is 24.5 Å². The minimum atomic E-state index is -0.723. The summed E-state index contributed by atoms with van der Waals surface area (Å²) in [6.45, 7) is 0.469. The summed E-state index contributed by atoms with van der Waals surface area (Å²) in [6.07, 6.45) is 5.16. The van der Waals surface area contributed by atoms with Crippen LogP contribution >= 0.6 is 0 Å². The first-order valence-electron chi connectivity index (χ1n) is 8.88. The van der Waals surface area contributed by atoms with E-state index >= 15 is 0 Å². The van der Waals surface area contributed by atoms with Gasteiger partial charge in [-0.3, -0.25) is 9.59 Å². The number of nitrogens with zero attached hydrogens (tertiary/aromatic N) is 1. The van der Waals surface area contributed by atoms with Gasteiger partial charge in [-0.1, -0.05) is 12.1 Å². The zero-order valence-corrected chi connectivity index (χ0v) is 14.5. The quantitative estimate of drug-likeness (QED) is 0.600. The van der Waals surface area contributed by atoms with Crippen molar-refractivity contribution < 1.29 is 24.0 Å². The summed E-state index contributed by atoms with van der Waals surface area (Å²) in [7, 11) is 0. The van der Waals surface area contributed by atoms with Crippen molar-refractivity contribution in [1.82, 2.24) is 5.06 Å². The molecule has 1 heterocycles. The maximum atomic E-state index is 12.1. The van der Waals surface area contributed by atoms with Crippen molar-refractivity contribution in [1.29, 1.82) is 0 Å². The normalized spacial score (nSPS) is 20.2. The lowest BCUT2D eigenvalue weighted by atomic mass is 10.0. The Morgan fingerprint density at radius 3 is 2.46 bits per heavy atom. The van der Waals surface area contributed by atoms with E-state index in [9.17, 15) is 14.4 Å². The Kier molecular flexibility index (Phi) is 6.03. The summed E-state index contributed by atoms with van der Waals surface area (Å²) >= 11 is 0. The van der Waals surface area contributed by atoms with Crippen molar-refractivity contribution >= 4 is 17.8 Å². The number of hydrogen-bond donors (Lipinski definition) is 0. The molecule has 0 bridgehead atoms. The maximum Gasteiger partial charge on any atom is 0.363 e. The Balaban J connectivity index is 1.51. The van der Waals surface area contributed by atoms with Crippen molar-refractivity contribution in [2.45, 2.75) is 57.7 Å². The molecule has 136 valence electrons. The fourth-order valence-electron chi connectivity index (χ4n) is 2.88. The number of rotatable bonds is 5. The molecule has 6 nitrogen and oxygen atoms in total. The number of hydroxylamine groups is 2. The van der Waals surface area contributed by atoms with Crippen LogP contribution in [0.3, 0.4) is 0 Å². The second-order valence-electron chi connectivity index (χ2n) is 6.37. The zero-order valence-electron chi connectivity index (χ0n) is 14.5. The third-order valence-corrected chi connectivity index (χ3v) is 4.40. The molecule has 0 saturated carbocycles. The van der Waals surface area contributed by atoms with Crippen LogP contribution in [0, 0.1) is 11.8 Å². The Morgan fingerprint density at radius 2 is 1.73 bits per heavy atom. The molecule has 1 fully saturated rings. The van der Waals surface area contributed by atoms with Crippen LogP contribution in [0.4, 0.5) is 0 Å². The van der Waals surface area contributed by atoms with Crippen LogP contribution in [0.15, 0.2) is 24.3 Å². The van der Waals surface area contributed by atoms with Crippen molar-refractivity contribution in [2.24, 2.45) is 0 Å². The van der Waals surface area contributed by atoms with Gasteiger partial charge in [-0.15, -0.1) is 16.9 Å². The van der Waals surface area contributed by atoms with Crippen LogP contribution < -0.4 is 0 Å². The SMILES string of the molecule is O=C(ON1C(=O)CCC1=O)c1ccc(COC2CCC#CCCC2)cc1. The van der Waals surface area contributed by atoms with Crippen LogP contribution in [-0.4, -0.2) is 29.0 Å². The topological polar surface area (TPSA) is 72.9 Å². The largest absolute Gasteiger partial charge is 0.374 e. The number of ether oxygens (including phenoxy) is 1. The second-order valence-corrected chi connectivity index (χ2v) is 6.37. The molecule has 1 aromatic carbocycles. The molecule has 1 aliphatic heterocycles. The van der Waals surface area contributed by atoms with Gasteiger partial charge in [-0.25, -0.2) is 4.79 Å². The van der Waals surface area contributed by atoms with Gasteiger partial charge in [0.05, 0.1) is 18.3 Å². The van der Waals surface area contributed by atoms with Crippen molar-refractivity contribution in [3.8, 4) is 11.8 Å². The molecule has 26 heavy (non-hydrogen) atoms. The Bertz CT molecular complexity index is 728. The first kappa shape index (κ1) is 18.2. The van der Waals surface area contributed by atoms with Crippen LogP contribution in [-0.2, 0) is 25.8 Å². The molecule has 6 heteroatoms. The fraction of sp³-hybridized carbons (Fsp3) is 0.450. The van der Waals surface area contributed by atoms with E-state index in [2.05, 4.69) is 11.8 Å². The summed E-state index contributed by atoms with van der Waals surface area (Å²) in [5.74, 6) is 4.57. The molecule has 0 radical (unpaired) electrons. The fourth-order valence-corrected chi connectivity index (χ4v) is 2.88. The first-order chi connectivity index (χ1) is 12.6. The van der Waals surface area contributed by atoms with Crippen LogP contribution in [0.2, 0.25) is 0 Å². The van der Waals surface area contributed by atoms with Gasteiger partial charge >= 0.3 is 5.97 Å². The standard InChI is InChI=1S/C20H21NO5/c22-18-12-13-19(23)21(18)26-20(24)16-10-8-15(9-11-16)14-25-17-6-4-2-1-3-5-7-17/h8-11,17H,2,4-7,12-14H2. The van der Waals surface area contributed by atoms with E-state index in [4.69, 9.17) is 9.57 Å². The Hall–Kier alpha value is -2.65. The highest BCUT2D eigenvalue weighted by atomic mass is 16.7. The maximum absolute atomic E-state index is 12.1. The number of imide groups is 1. The van der Waals surface area contributed by atoms with E-state index in [1.165, 1.54) is 0 Å². The first-order valence-corrected chi connectivity index (χ1v) is 8.88. The third kappa shape index (κ3) is 4.70. The van der Waals surface area contributed by atoms with E-state index < -0.39 is 17.8 Å². The van der Waals surface area contributed by atoms with E-state index in [0.29, 0.717) is 11.7 Å². The van der Waals surface area contributed by atoms with E-state index in [1.807, 2.05) is 0 Å². The highest BCUT2D eigenvalue weighted by molar-refractivity contribution is 6.02. The van der Waals surface area contributed by atoms with Gasteiger partial charge in [0.2, 0.25) is 0 Å². The number of carbonyl (C=O) groups excluding carboxylic acids is 3. The lowest BCUT2D eigenvalue weighted by Gasteiger charge is -2.17. The molecule has 1 saturated heterocycles. The number of benzene rings is 1. The van der Waals surface area contributed by atoms with Gasteiger partial charge in [-0.05, 0) is 37.0 Å². The average molecular weight is 355 g/mol. The Morgan fingerprint density at radius 1 is 1.04 bits per heavy atom. The zero-order chi connectivity index (χ0) is 18.4. The summed E-state index contributed by atoms with van der Waals surface area (Å²) in [5.41, 5.74) is 1.23. The Labute approximate surface area is 152 Å². The molecular formula is C20H21NO5. The summed E-state index contributed by atoms with van der Waals surface area (Å²) in [6, 6.07) is 6.78. The molecule has 2 amide bonds. The highest BCUT2D eigenvalue weighted by Crippen LogP contribution is 2.17. The monoisotopic (exact) mass is 355 g/mol. The summed E-state index contributed by atoms with van der Waals surface area (Å²) in [4.78, 5) is 39.9. The van der Waals surface area contributed by atoms with Crippen molar-refractivity contribution in [3.05, 3.63) is 35.4 Å². The van der Waals surface area contributed by atoms with Crippen LogP contribution in [0.1, 0.15) is 60.9 Å². The molecule has 3 rings (SSSR count). The van der Waals surface area contributed by atoms with Crippen molar-refractivity contribution in [3.63, 3.8) is 0 Å². The van der Waals surface area contributed by atoms with Gasteiger partial charge in [-0.2, -0.15) is 0 Å². The summed E-state index contributed by atoms with van der Waals surface area (Å²) < 4.78 is 5.96. The molecule has 1 aliphatic carbocycles.